The average molecular weight is 260 g/mol. The smallest absolute Gasteiger partial charge is 0.143 e. The molecule has 0 heterocycles. The largest absolute Gasteiger partial charge is 0.495 e. The second-order valence-electron chi connectivity index (χ2n) is 4.19. The Balaban J connectivity index is 1.98. The van der Waals surface area contributed by atoms with Gasteiger partial charge >= 0.3 is 0 Å². The molecule has 100 valence electrons. The van der Waals surface area contributed by atoms with Crippen molar-refractivity contribution in [1.29, 1.82) is 0 Å². The van der Waals surface area contributed by atoms with E-state index in [1.54, 1.807) is 25.3 Å². The molecule has 0 fully saturated rings. The second kappa shape index (κ2) is 6.09. The summed E-state index contributed by atoms with van der Waals surface area (Å²) < 4.78 is 18.6. The van der Waals surface area contributed by atoms with Gasteiger partial charge in [-0.15, -0.1) is 0 Å². The van der Waals surface area contributed by atoms with Crippen LogP contribution in [0.4, 0.5) is 15.8 Å². The molecule has 0 amide bonds. The predicted octanol–water partition coefficient (Wildman–Crippen LogP) is 3.07. The molecule has 0 aromatic heterocycles. The van der Waals surface area contributed by atoms with Gasteiger partial charge in [0.15, 0.2) is 0 Å². The number of nitrogen functional groups attached to an aromatic ring is 1. The predicted molar refractivity (Wildman–Crippen MR) is 76.0 cm³/mol. The van der Waals surface area contributed by atoms with E-state index in [1.807, 2.05) is 18.2 Å². The lowest BCUT2D eigenvalue weighted by Crippen LogP contribution is -2.08. The highest BCUT2D eigenvalue weighted by Gasteiger charge is 2.05. The first-order valence-electron chi connectivity index (χ1n) is 6.12. The molecule has 0 spiro atoms. The lowest BCUT2D eigenvalue weighted by atomic mass is 10.1. The molecular weight excluding hydrogens is 243 g/mol. The zero-order chi connectivity index (χ0) is 13.7. The molecule has 0 aliphatic carbocycles. The molecule has 0 radical (unpaired) electrons. The van der Waals surface area contributed by atoms with Gasteiger partial charge in [-0.25, -0.2) is 4.39 Å². The van der Waals surface area contributed by atoms with Gasteiger partial charge in [-0.2, -0.15) is 0 Å². The molecule has 0 atom stereocenters. The van der Waals surface area contributed by atoms with Crippen LogP contribution < -0.4 is 15.8 Å². The molecule has 2 aromatic rings. The van der Waals surface area contributed by atoms with Gasteiger partial charge in [0.2, 0.25) is 0 Å². The summed E-state index contributed by atoms with van der Waals surface area (Å²) in [5.41, 5.74) is 8.00. The SMILES string of the molecule is COc1cccc(NCCc2ccccc2F)c1N. The number of nitrogens with one attached hydrogen (secondary N) is 1. The van der Waals surface area contributed by atoms with Crippen LogP contribution in [0.3, 0.4) is 0 Å². The zero-order valence-electron chi connectivity index (χ0n) is 10.8. The Morgan fingerprint density at radius 3 is 2.68 bits per heavy atom. The highest BCUT2D eigenvalue weighted by Crippen LogP contribution is 2.28. The van der Waals surface area contributed by atoms with Crippen molar-refractivity contribution in [2.24, 2.45) is 0 Å². The van der Waals surface area contributed by atoms with Gasteiger partial charge < -0.3 is 15.8 Å². The molecule has 0 saturated carbocycles. The fraction of sp³-hybridized carbons (Fsp3) is 0.200. The van der Waals surface area contributed by atoms with Gasteiger partial charge in [-0.3, -0.25) is 0 Å². The average Bonchev–Trinajstić information content (AvgIpc) is 2.43. The van der Waals surface area contributed by atoms with Crippen molar-refractivity contribution in [3.63, 3.8) is 0 Å². The summed E-state index contributed by atoms with van der Waals surface area (Å²) in [7, 11) is 1.58. The first kappa shape index (κ1) is 13.2. The molecule has 0 aliphatic heterocycles. The maximum Gasteiger partial charge on any atom is 0.143 e. The van der Waals surface area contributed by atoms with E-state index in [-0.39, 0.29) is 5.82 Å². The molecule has 2 rings (SSSR count). The lowest BCUT2D eigenvalue weighted by molar-refractivity contribution is 0.417. The van der Waals surface area contributed by atoms with E-state index in [4.69, 9.17) is 10.5 Å². The van der Waals surface area contributed by atoms with Gasteiger partial charge in [-0.1, -0.05) is 24.3 Å². The Labute approximate surface area is 112 Å². The number of methoxy groups -OCH3 is 1. The van der Waals surface area contributed by atoms with Crippen LogP contribution in [0.25, 0.3) is 0 Å². The summed E-state index contributed by atoms with van der Waals surface area (Å²) in [5, 5.41) is 3.19. The quantitative estimate of drug-likeness (QED) is 0.812. The van der Waals surface area contributed by atoms with Crippen LogP contribution in [0, 0.1) is 5.82 Å². The maximum absolute atomic E-state index is 13.4. The number of ether oxygens (including phenoxy) is 1. The third-order valence-electron chi connectivity index (χ3n) is 2.95. The van der Waals surface area contributed by atoms with Crippen LogP contribution in [-0.2, 0) is 6.42 Å². The summed E-state index contributed by atoms with van der Waals surface area (Å²) in [5.74, 6) is 0.457. The van der Waals surface area contributed by atoms with E-state index in [1.165, 1.54) is 6.07 Å². The van der Waals surface area contributed by atoms with Crippen molar-refractivity contribution < 1.29 is 9.13 Å². The normalized spacial score (nSPS) is 10.2. The third-order valence-corrected chi connectivity index (χ3v) is 2.95. The molecule has 0 aliphatic rings. The van der Waals surface area contributed by atoms with Crippen molar-refractivity contribution in [2.75, 3.05) is 24.7 Å². The van der Waals surface area contributed by atoms with E-state index in [2.05, 4.69) is 5.32 Å². The standard InChI is InChI=1S/C15H17FN2O/c1-19-14-8-4-7-13(15(14)17)18-10-9-11-5-2-3-6-12(11)16/h2-8,18H,9-10,17H2,1H3. The summed E-state index contributed by atoms with van der Waals surface area (Å²) in [6.07, 6.45) is 0.601. The van der Waals surface area contributed by atoms with Crippen LogP contribution >= 0.6 is 0 Å². The van der Waals surface area contributed by atoms with E-state index >= 15 is 0 Å². The molecular formula is C15H17FN2O. The molecule has 0 saturated heterocycles. The van der Waals surface area contributed by atoms with Crippen LogP contribution in [0.1, 0.15) is 5.56 Å². The number of hydrogen-bond donors (Lipinski definition) is 2. The fourth-order valence-corrected chi connectivity index (χ4v) is 1.91. The van der Waals surface area contributed by atoms with Gasteiger partial charge in [0, 0.05) is 6.54 Å². The van der Waals surface area contributed by atoms with Crippen molar-refractivity contribution in [2.45, 2.75) is 6.42 Å². The monoisotopic (exact) mass is 260 g/mol. The second-order valence-corrected chi connectivity index (χ2v) is 4.19. The topological polar surface area (TPSA) is 47.3 Å². The molecule has 19 heavy (non-hydrogen) atoms. The molecule has 3 N–H and O–H groups in total. The van der Waals surface area contributed by atoms with Gasteiger partial charge in [0.05, 0.1) is 18.5 Å². The molecule has 3 nitrogen and oxygen atoms in total. The van der Waals surface area contributed by atoms with E-state index in [0.717, 1.165) is 5.69 Å². The fourth-order valence-electron chi connectivity index (χ4n) is 1.91. The Hall–Kier alpha value is -2.23. The minimum atomic E-state index is -0.178. The first-order chi connectivity index (χ1) is 9.22. The number of para-hydroxylation sites is 1. The number of benzene rings is 2. The molecule has 4 heteroatoms. The molecule has 2 aromatic carbocycles. The first-order valence-corrected chi connectivity index (χ1v) is 6.12. The Bertz CT molecular complexity index is 558. The number of anilines is 2. The summed E-state index contributed by atoms with van der Waals surface area (Å²) in [6, 6.07) is 12.3. The Morgan fingerprint density at radius 2 is 1.95 bits per heavy atom. The maximum atomic E-state index is 13.4. The van der Waals surface area contributed by atoms with Crippen LogP contribution in [-0.4, -0.2) is 13.7 Å². The van der Waals surface area contributed by atoms with Gasteiger partial charge in [0.25, 0.3) is 0 Å². The van der Waals surface area contributed by atoms with Crippen LogP contribution in [0.5, 0.6) is 5.75 Å². The highest BCUT2D eigenvalue weighted by atomic mass is 19.1. The summed E-state index contributed by atoms with van der Waals surface area (Å²) >= 11 is 0. The Kier molecular flexibility index (Phi) is 4.23. The number of halogens is 1. The van der Waals surface area contributed by atoms with E-state index in [9.17, 15) is 4.39 Å². The van der Waals surface area contributed by atoms with Crippen LogP contribution in [0.15, 0.2) is 42.5 Å². The molecule has 0 bridgehead atoms. The zero-order valence-corrected chi connectivity index (χ0v) is 10.8. The lowest BCUT2D eigenvalue weighted by Gasteiger charge is -2.12. The minimum Gasteiger partial charge on any atom is -0.495 e. The van der Waals surface area contributed by atoms with Gasteiger partial charge in [0.1, 0.15) is 11.6 Å². The van der Waals surface area contributed by atoms with Crippen molar-refractivity contribution in [3.8, 4) is 5.75 Å². The van der Waals surface area contributed by atoms with Crippen molar-refractivity contribution in [3.05, 3.63) is 53.8 Å². The summed E-state index contributed by atoms with van der Waals surface area (Å²) in [6.45, 7) is 0.609. The number of rotatable bonds is 5. The van der Waals surface area contributed by atoms with Gasteiger partial charge in [-0.05, 0) is 30.2 Å². The third kappa shape index (κ3) is 3.16. The Morgan fingerprint density at radius 1 is 1.16 bits per heavy atom. The van der Waals surface area contributed by atoms with Crippen molar-refractivity contribution >= 4 is 11.4 Å². The summed E-state index contributed by atoms with van der Waals surface area (Å²) in [4.78, 5) is 0. The molecule has 0 unspecified atom stereocenters. The van der Waals surface area contributed by atoms with Crippen molar-refractivity contribution in [1.82, 2.24) is 0 Å². The van der Waals surface area contributed by atoms with E-state index in [0.29, 0.717) is 30.0 Å². The highest BCUT2D eigenvalue weighted by molar-refractivity contribution is 5.72. The number of nitrogens with two attached hydrogens (primary N) is 1. The number of hydrogen-bond acceptors (Lipinski definition) is 3. The minimum absolute atomic E-state index is 0.178. The van der Waals surface area contributed by atoms with E-state index < -0.39 is 0 Å². The van der Waals surface area contributed by atoms with Crippen LogP contribution in [0.2, 0.25) is 0 Å².